The summed E-state index contributed by atoms with van der Waals surface area (Å²) in [6.45, 7) is 5.96. The van der Waals surface area contributed by atoms with Crippen LogP contribution in [0, 0.1) is 22.2 Å². The molecular weight excluding hydrogens is 384 g/mol. The first kappa shape index (κ1) is 20.6. The molecule has 0 aromatic heterocycles. The predicted octanol–water partition coefficient (Wildman–Crippen LogP) is 7.07. The predicted molar refractivity (Wildman–Crippen MR) is 128 cm³/mol. The molecule has 0 heterocycles. The second kappa shape index (κ2) is 8.23. The zero-order valence-corrected chi connectivity index (χ0v) is 18.0. The van der Waals surface area contributed by atoms with Gasteiger partial charge >= 0.3 is 0 Å². The Labute approximate surface area is 182 Å². The lowest BCUT2D eigenvalue weighted by Crippen LogP contribution is -2.40. The molecule has 4 nitrogen and oxygen atoms in total. The number of rotatable bonds is 4. The van der Waals surface area contributed by atoms with E-state index in [0.29, 0.717) is 11.5 Å². The van der Waals surface area contributed by atoms with Gasteiger partial charge in [0.25, 0.3) is 0 Å². The molecule has 156 valence electrons. The quantitative estimate of drug-likeness (QED) is 0.279. The van der Waals surface area contributed by atoms with Crippen LogP contribution in [0.15, 0.2) is 84.9 Å². The van der Waals surface area contributed by atoms with Gasteiger partial charge in [0.15, 0.2) is 11.8 Å². The highest BCUT2D eigenvalue weighted by Gasteiger charge is 2.36. The van der Waals surface area contributed by atoms with E-state index in [1.54, 1.807) is 0 Å². The molecule has 0 radical (unpaired) electrons. The highest BCUT2D eigenvalue weighted by molar-refractivity contribution is 6.02. The third kappa shape index (κ3) is 4.29. The van der Waals surface area contributed by atoms with Crippen LogP contribution in [0.2, 0.25) is 0 Å². The fourth-order valence-corrected chi connectivity index (χ4v) is 3.83. The molecule has 4 rings (SSSR count). The molecule has 4 aromatic carbocycles. The van der Waals surface area contributed by atoms with Gasteiger partial charge in [0.05, 0.1) is 0 Å². The van der Waals surface area contributed by atoms with Crippen molar-refractivity contribution in [2.45, 2.75) is 20.8 Å². The zero-order chi connectivity index (χ0) is 22.0. The minimum atomic E-state index is -0.648. The van der Waals surface area contributed by atoms with Crippen molar-refractivity contribution in [3.63, 3.8) is 0 Å². The molecule has 0 amide bonds. The van der Waals surface area contributed by atoms with Gasteiger partial charge in [0.2, 0.25) is 0 Å². The summed E-state index contributed by atoms with van der Waals surface area (Å²) < 4.78 is 12.1. The molecule has 0 unspecified atom stereocenters. The Morgan fingerprint density at radius 1 is 0.613 bits per heavy atom. The molecule has 31 heavy (non-hydrogen) atoms. The van der Waals surface area contributed by atoms with Crippen molar-refractivity contribution in [3.05, 3.63) is 84.9 Å². The molecule has 0 spiro atoms. The van der Waals surface area contributed by atoms with Gasteiger partial charge in [-0.1, -0.05) is 93.6 Å². The van der Waals surface area contributed by atoms with Gasteiger partial charge < -0.3 is 9.47 Å². The smallest absolute Gasteiger partial charge is 0.200 e. The molecule has 0 aliphatic rings. The highest BCUT2D eigenvalue weighted by Crippen LogP contribution is 2.33. The number of ether oxygens (including phenoxy) is 2. The average molecular weight is 411 g/mol. The first-order chi connectivity index (χ1) is 14.8. The van der Waals surface area contributed by atoms with Crippen molar-refractivity contribution >= 4 is 33.3 Å². The summed E-state index contributed by atoms with van der Waals surface area (Å²) in [4.78, 5) is 0. The van der Waals surface area contributed by atoms with E-state index in [1.807, 2.05) is 106 Å². The maximum absolute atomic E-state index is 8.73. The Morgan fingerprint density at radius 3 is 1.42 bits per heavy atom. The summed E-state index contributed by atoms with van der Waals surface area (Å²) in [5, 5.41) is 21.4. The van der Waals surface area contributed by atoms with Gasteiger partial charge in [-0.3, -0.25) is 10.8 Å². The average Bonchev–Trinajstić information content (AvgIpc) is 2.73. The third-order valence-corrected chi connectivity index (χ3v) is 5.33. The Kier molecular flexibility index (Phi) is 5.47. The van der Waals surface area contributed by atoms with E-state index in [4.69, 9.17) is 20.3 Å². The van der Waals surface area contributed by atoms with Gasteiger partial charge in [0, 0.05) is 10.8 Å². The molecule has 4 heteroatoms. The molecular formula is C27H26N2O2. The van der Waals surface area contributed by atoms with Crippen LogP contribution in [0.4, 0.5) is 0 Å². The molecule has 4 aromatic rings. The van der Waals surface area contributed by atoms with Crippen molar-refractivity contribution in [1.29, 1.82) is 10.8 Å². The van der Waals surface area contributed by atoms with E-state index >= 15 is 0 Å². The van der Waals surface area contributed by atoms with E-state index in [2.05, 4.69) is 0 Å². The first-order valence-corrected chi connectivity index (χ1v) is 10.3. The third-order valence-electron chi connectivity index (χ3n) is 5.33. The van der Waals surface area contributed by atoms with Crippen molar-refractivity contribution in [3.8, 4) is 11.5 Å². The molecule has 0 atom stereocenters. The summed E-state index contributed by atoms with van der Waals surface area (Å²) in [5.74, 6) is 0.555. The Morgan fingerprint density at radius 2 is 1.00 bits per heavy atom. The number of hydrogen-bond donors (Lipinski definition) is 2. The van der Waals surface area contributed by atoms with Crippen LogP contribution >= 0.6 is 0 Å². The second-order valence-corrected chi connectivity index (χ2v) is 8.69. The monoisotopic (exact) mass is 410 g/mol. The summed E-state index contributed by atoms with van der Waals surface area (Å²) in [6.07, 6.45) is 0. The second-order valence-electron chi connectivity index (χ2n) is 8.69. The summed E-state index contributed by atoms with van der Waals surface area (Å²) >= 11 is 0. The zero-order valence-electron chi connectivity index (χ0n) is 18.0. The number of benzene rings is 4. The SMILES string of the molecule is CC(C)(C)C(C(=N)Oc1cccc2ccccc12)C(=N)Oc1cccc2ccccc12. The van der Waals surface area contributed by atoms with E-state index in [9.17, 15) is 0 Å². The van der Waals surface area contributed by atoms with Crippen molar-refractivity contribution in [2.75, 3.05) is 0 Å². The van der Waals surface area contributed by atoms with Gasteiger partial charge in [-0.2, -0.15) is 0 Å². The summed E-state index contributed by atoms with van der Waals surface area (Å²) in [7, 11) is 0. The Balaban J connectivity index is 1.64. The largest absolute Gasteiger partial charge is 0.442 e. The van der Waals surface area contributed by atoms with Crippen molar-refractivity contribution in [1.82, 2.24) is 0 Å². The highest BCUT2D eigenvalue weighted by atomic mass is 16.5. The van der Waals surface area contributed by atoms with Crippen molar-refractivity contribution < 1.29 is 9.47 Å². The molecule has 0 bridgehead atoms. The van der Waals surface area contributed by atoms with E-state index in [1.165, 1.54) is 0 Å². The molecule has 0 fully saturated rings. The van der Waals surface area contributed by atoms with Gasteiger partial charge in [-0.15, -0.1) is 0 Å². The molecule has 0 saturated carbocycles. The van der Waals surface area contributed by atoms with Gasteiger partial charge in [0.1, 0.15) is 17.4 Å². The number of nitrogens with one attached hydrogen (secondary N) is 2. The van der Waals surface area contributed by atoms with E-state index in [-0.39, 0.29) is 11.8 Å². The lowest BCUT2D eigenvalue weighted by molar-refractivity contribution is 0.314. The van der Waals surface area contributed by atoms with Crippen LogP contribution in [0.3, 0.4) is 0 Å². The molecule has 0 aliphatic heterocycles. The maximum Gasteiger partial charge on any atom is 0.200 e. The minimum absolute atomic E-state index is 0.00547. The topological polar surface area (TPSA) is 66.2 Å². The van der Waals surface area contributed by atoms with Crippen LogP contribution in [0.5, 0.6) is 11.5 Å². The Bertz CT molecular complexity index is 1170. The van der Waals surface area contributed by atoms with E-state index in [0.717, 1.165) is 21.5 Å². The number of hydrogen-bond acceptors (Lipinski definition) is 4. The maximum atomic E-state index is 8.73. The van der Waals surface area contributed by atoms with Gasteiger partial charge in [-0.05, 0) is 28.3 Å². The number of fused-ring (bicyclic) bond motifs is 2. The standard InChI is InChI=1S/C27H26N2O2/c1-27(2,3)24(25(28)30-22-16-8-12-18-10-4-6-14-20(18)22)26(29)31-23-17-9-13-19-11-5-7-15-21(19)23/h4-17,24,28-29H,1-3H3. The van der Waals surface area contributed by atoms with Crippen LogP contribution in [-0.2, 0) is 0 Å². The van der Waals surface area contributed by atoms with Crippen LogP contribution in [0.1, 0.15) is 20.8 Å². The fraction of sp³-hybridized carbons (Fsp3) is 0.185. The van der Waals surface area contributed by atoms with Crippen molar-refractivity contribution in [2.24, 2.45) is 11.3 Å². The lowest BCUT2D eigenvalue weighted by Gasteiger charge is -2.30. The van der Waals surface area contributed by atoms with Gasteiger partial charge in [-0.25, -0.2) is 0 Å². The first-order valence-electron chi connectivity index (χ1n) is 10.3. The summed E-state index contributed by atoms with van der Waals surface area (Å²) in [6, 6.07) is 27.4. The molecule has 2 N–H and O–H groups in total. The van der Waals surface area contributed by atoms with Crippen LogP contribution in [-0.4, -0.2) is 11.8 Å². The lowest BCUT2D eigenvalue weighted by atomic mass is 9.80. The van der Waals surface area contributed by atoms with Crippen LogP contribution in [0.25, 0.3) is 21.5 Å². The Hall–Kier alpha value is -3.66. The molecule has 0 aliphatic carbocycles. The molecule has 0 saturated heterocycles. The fourth-order valence-electron chi connectivity index (χ4n) is 3.83. The minimum Gasteiger partial charge on any atom is -0.442 e. The summed E-state index contributed by atoms with van der Waals surface area (Å²) in [5.41, 5.74) is -0.441. The van der Waals surface area contributed by atoms with Crippen LogP contribution < -0.4 is 9.47 Å². The normalized spacial score (nSPS) is 12.5. The van der Waals surface area contributed by atoms with E-state index < -0.39 is 11.3 Å².